The molecule has 3 aromatic rings. The fourth-order valence-corrected chi connectivity index (χ4v) is 4.48. The predicted octanol–water partition coefficient (Wildman–Crippen LogP) is 7.36. The van der Waals surface area contributed by atoms with Crippen LogP contribution in [0.3, 0.4) is 0 Å². The van der Waals surface area contributed by atoms with Gasteiger partial charge in [-0.15, -0.1) is 11.3 Å². The van der Waals surface area contributed by atoms with Crippen molar-refractivity contribution in [1.29, 1.82) is 0 Å². The number of carbonyl (C=O) groups excluding carboxylic acids is 1. The second-order valence-electron chi connectivity index (χ2n) is 8.38. The molecular weight excluding hydrogens is 486 g/mol. The predicted molar refractivity (Wildman–Crippen MR) is 137 cm³/mol. The summed E-state index contributed by atoms with van der Waals surface area (Å²) in [6.45, 7) is 2.80. The van der Waals surface area contributed by atoms with Gasteiger partial charge in [0.2, 0.25) is 5.91 Å². The quantitative estimate of drug-likeness (QED) is 0.227. The molecule has 0 aliphatic heterocycles. The molecule has 0 aliphatic rings. The van der Waals surface area contributed by atoms with Gasteiger partial charge in [0, 0.05) is 17.4 Å². The summed E-state index contributed by atoms with van der Waals surface area (Å²) in [4.78, 5) is 29.8. The first kappa shape index (κ1) is 27.3. The highest BCUT2D eigenvalue weighted by atomic mass is 32.1. The Bertz CT molecular complexity index is 1150. The molecule has 9 heteroatoms. The van der Waals surface area contributed by atoms with E-state index >= 15 is 0 Å². The van der Waals surface area contributed by atoms with Crippen molar-refractivity contribution >= 4 is 34.0 Å². The summed E-state index contributed by atoms with van der Waals surface area (Å²) in [5.74, 6) is -2.80. The first-order valence-corrected chi connectivity index (χ1v) is 13.0. The molecule has 0 radical (unpaired) electrons. The molecule has 192 valence electrons. The van der Waals surface area contributed by atoms with E-state index in [9.17, 15) is 18.4 Å². The molecule has 0 saturated heterocycles. The number of benzene rings is 2. The van der Waals surface area contributed by atoms with Crippen molar-refractivity contribution < 1.29 is 28.2 Å². The zero-order valence-corrected chi connectivity index (χ0v) is 21.0. The number of hydrogen-bond acceptors (Lipinski definition) is 5. The number of ether oxygens (including phenoxy) is 1. The lowest BCUT2D eigenvalue weighted by Gasteiger charge is -2.20. The third-order valence-electron chi connectivity index (χ3n) is 5.56. The van der Waals surface area contributed by atoms with E-state index in [0.717, 1.165) is 36.3 Å². The number of anilines is 2. The van der Waals surface area contributed by atoms with Gasteiger partial charge in [-0.1, -0.05) is 39.0 Å². The normalized spacial score (nSPS) is 10.9. The third-order valence-corrected chi connectivity index (χ3v) is 6.39. The van der Waals surface area contributed by atoms with Crippen molar-refractivity contribution in [1.82, 2.24) is 4.98 Å². The summed E-state index contributed by atoms with van der Waals surface area (Å²) in [6, 6.07) is 10.4. The third kappa shape index (κ3) is 7.84. The van der Waals surface area contributed by atoms with Crippen molar-refractivity contribution in [2.75, 3.05) is 11.5 Å². The van der Waals surface area contributed by atoms with Crippen LogP contribution in [0.2, 0.25) is 0 Å². The van der Waals surface area contributed by atoms with Crippen LogP contribution in [0, 0.1) is 11.6 Å². The Labute approximate surface area is 213 Å². The first-order chi connectivity index (χ1) is 17.4. The molecule has 1 amide bonds. The number of thiazole rings is 1. The summed E-state index contributed by atoms with van der Waals surface area (Å²) in [5.41, 5.74) is 1.25. The maximum Gasteiger partial charge on any atom is 0.303 e. The topological polar surface area (TPSA) is 79.7 Å². The molecule has 0 atom stereocenters. The fourth-order valence-electron chi connectivity index (χ4n) is 3.61. The molecule has 1 N–H and O–H groups in total. The van der Waals surface area contributed by atoms with Gasteiger partial charge >= 0.3 is 5.97 Å². The number of amides is 1. The molecule has 36 heavy (non-hydrogen) atoms. The monoisotopic (exact) mass is 516 g/mol. The minimum Gasteiger partial charge on any atom is -0.494 e. The van der Waals surface area contributed by atoms with E-state index in [0.29, 0.717) is 34.4 Å². The van der Waals surface area contributed by atoms with Gasteiger partial charge in [0.1, 0.15) is 5.75 Å². The molecule has 1 aromatic heterocycles. The number of halogens is 2. The highest BCUT2D eigenvalue weighted by Gasteiger charge is 2.22. The van der Waals surface area contributed by atoms with Gasteiger partial charge in [0.05, 0.1) is 24.4 Å². The van der Waals surface area contributed by atoms with Crippen molar-refractivity contribution in [3.05, 3.63) is 59.5 Å². The standard InChI is InChI=1S/C27H30F2N2O4S/c1-2-3-4-5-6-7-16-35-21-11-9-20(10-12-21)31(25(32)14-15-26(33)34)27-30-24(18-36-27)19-8-13-22(28)23(29)17-19/h8-13,17-18H,2-7,14-16H2,1H3,(H,33,34). The second-order valence-corrected chi connectivity index (χ2v) is 9.21. The lowest BCUT2D eigenvalue weighted by Crippen LogP contribution is -2.26. The van der Waals surface area contributed by atoms with Gasteiger partial charge in [0.15, 0.2) is 16.8 Å². The number of aliphatic carboxylic acids is 1. The van der Waals surface area contributed by atoms with Crippen LogP contribution in [0.1, 0.15) is 58.3 Å². The first-order valence-electron chi connectivity index (χ1n) is 12.1. The fraction of sp³-hybridized carbons (Fsp3) is 0.370. The lowest BCUT2D eigenvalue weighted by atomic mass is 10.1. The van der Waals surface area contributed by atoms with Gasteiger partial charge in [-0.2, -0.15) is 0 Å². The Morgan fingerprint density at radius 1 is 0.972 bits per heavy atom. The zero-order chi connectivity index (χ0) is 25.9. The molecule has 0 saturated carbocycles. The van der Waals surface area contributed by atoms with Crippen LogP contribution >= 0.6 is 11.3 Å². The van der Waals surface area contributed by atoms with E-state index in [1.54, 1.807) is 29.6 Å². The maximum absolute atomic E-state index is 13.7. The van der Waals surface area contributed by atoms with E-state index < -0.39 is 23.5 Å². The van der Waals surface area contributed by atoms with Crippen LogP contribution in [0.4, 0.5) is 19.6 Å². The Kier molecular flexibility index (Phi) is 10.4. The average molecular weight is 517 g/mol. The van der Waals surface area contributed by atoms with Crippen LogP contribution in [-0.4, -0.2) is 28.6 Å². The molecule has 1 heterocycles. The Morgan fingerprint density at radius 3 is 2.39 bits per heavy atom. The van der Waals surface area contributed by atoms with Crippen molar-refractivity contribution in [3.8, 4) is 17.0 Å². The number of hydrogen-bond donors (Lipinski definition) is 1. The summed E-state index contributed by atoms with van der Waals surface area (Å²) < 4.78 is 32.8. The van der Waals surface area contributed by atoms with Gasteiger partial charge in [-0.25, -0.2) is 13.8 Å². The molecule has 6 nitrogen and oxygen atoms in total. The number of carboxylic acids is 1. The van der Waals surface area contributed by atoms with Crippen LogP contribution in [0.5, 0.6) is 5.75 Å². The van der Waals surface area contributed by atoms with E-state index in [4.69, 9.17) is 9.84 Å². The molecule has 0 aliphatic carbocycles. The number of carbonyl (C=O) groups is 2. The minimum atomic E-state index is -1.08. The highest BCUT2D eigenvalue weighted by molar-refractivity contribution is 7.14. The lowest BCUT2D eigenvalue weighted by molar-refractivity contribution is -0.138. The van der Waals surface area contributed by atoms with Gasteiger partial charge in [-0.05, 0) is 48.9 Å². The van der Waals surface area contributed by atoms with E-state index in [2.05, 4.69) is 11.9 Å². The SMILES string of the molecule is CCCCCCCCOc1ccc(N(C(=O)CCC(=O)O)c2nc(-c3ccc(F)c(F)c3)cs2)cc1. The Balaban J connectivity index is 1.73. The number of rotatable bonds is 14. The maximum atomic E-state index is 13.7. The second kappa shape index (κ2) is 13.7. The molecule has 0 spiro atoms. The molecule has 2 aromatic carbocycles. The molecule has 3 rings (SSSR count). The Hall–Kier alpha value is -3.33. The molecule has 0 unspecified atom stereocenters. The summed E-state index contributed by atoms with van der Waals surface area (Å²) >= 11 is 1.15. The summed E-state index contributed by atoms with van der Waals surface area (Å²) in [5, 5.41) is 11.0. The number of nitrogens with zero attached hydrogens (tertiary/aromatic N) is 2. The van der Waals surface area contributed by atoms with Crippen LogP contribution in [0.25, 0.3) is 11.3 Å². The average Bonchev–Trinajstić information content (AvgIpc) is 3.34. The summed E-state index contributed by atoms with van der Waals surface area (Å²) in [7, 11) is 0. The van der Waals surface area contributed by atoms with Crippen molar-refractivity contribution in [2.24, 2.45) is 0 Å². The number of aromatic nitrogens is 1. The van der Waals surface area contributed by atoms with Crippen LogP contribution < -0.4 is 9.64 Å². The minimum absolute atomic E-state index is 0.217. The highest BCUT2D eigenvalue weighted by Crippen LogP contribution is 2.34. The van der Waals surface area contributed by atoms with Gasteiger partial charge < -0.3 is 9.84 Å². The molecular formula is C27H30F2N2O4S. The number of unbranched alkanes of at least 4 members (excludes halogenated alkanes) is 5. The van der Waals surface area contributed by atoms with Gasteiger partial charge in [-0.3, -0.25) is 14.5 Å². The Morgan fingerprint density at radius 2 is 1.69 bits per heavy atom. The zero-order valence-electron chi connectivity index (χ0n) is 20.2. The van der Waals surface area contributed by atoms with Gasteiger partial charge in [0.25, 0.3) is 0 Å². The van der Waals surface area contributed by atoms with Crippen molar-refractivity contribution in [3.63, 3.8) is 0 Å². The van der Waals surface area contributed by atoms with Crippen LogP contribution in [0.15, 0.2) is 47.8 Å². The van der Waals surface area contributed by atoms with E-state index in [1.165, 1.54) is 36.6 Å². The largest absolute Gasteiger partial charge is 0.494 e. The van der Waals surface area contributed by atoms with Crippen LogP contribution in [-0.2, 0) is 9.59 Å². The van der Waals surface area contributed by atoms with E-state index in [-0.39, 0.29) is 12.8 Å². The number of carboxylic acid groups (broad SMARTS) is 1. The van der Waals surface area contributed by atoms with E-state index in [1.807, 2.05) is 0 Å². The smallest absolute Gasteiger partial charge is 0.303 e. The molecule has 0 bridgehead atoms. The molecule has 0 fully saturated rings. The summed E-state index contributed by atoms with van der Waals surface area (Å²) in [6.07, 6.45) is 6.46. The van der Waals surface area contributed by atoms with Crippen molar-refractivity contribution in [2.45, 2.75) is 58.3 Å².